The molecule has 3 aromatic rings. The lowest BCUT2D eigenvalue weighted by Crippen LogP contribution is -2.43. The zero-order chi connectivity index (χ0) is 24.6. The molecule has 0 saturated carbocycles. The molecular formula is C25H28N4O4S. The highest BCUT2D eigenvalue weighted by atomic mass is 32.1. The van der Waals surface area contributed by atoms with E-state index in [9.17, 15) is 14.4 Å². The summed E-state index contributed by atoms with van der Waals surface area (Å²) in [6.45, 7) is 9.66. The number of hydrogen-bond donors (Lipinski definition) is 2. The third-order valence-electron chi connectivity index (χ3n) is 5.50. The summed E-state index contributed by atoms with van der Waals surface area (Å²) in [6.07, 6.45) is 0. The van der Waals surface area contributed by atoms with Gasteiger partial charge in [-0.1, -0.05) is 52.0 Å². The van der Waals surface area contributed by atoms with Gasteiger partial charge in [-0.05, 0) is 41.3 Å². The first kappa shape index (κ1) is 23.7. The van der Waals surface area contributed by atoms with E-state index in [0.717, 1.165) is 10.3 Å². The molecule has 0 saturated heterocycles. The molecule has 1 aliphatic heterocycles. The molecule has 34 heavy (non-hydrogen) atoms. The van der Waals surface area contributed by atoms with E-state index in [1.54, 1.807) is 12.1 Å². The predicted octanol–water partition coefficient (Wildman–Crippen LogP) is 4.55. The minimum absolute atomic E-state index is 0.0994. The number of carbonyl (C=O) groups excluding carboxylic acids is 3. The van der Waals surface area contributed by atoms with E-state index in [2.05, 4.69) is 36.4 Å². The number of hydrogen-bond acceptors (Lipinski definition) is 6. The highest BCUT2D eigenvalue weighted by Crippen LogP contribution is 2.36. The number of rotatable bonds is 5. The number of anilines is 3. The third kappa shape index (κ3) is 5.04. The number of nitrogens with zero attached hydrogens (tertiary/aromatic N) is 2. The molecule has 0 fully saturated rings. The van der Waals surface area contributed by atoms with Crippen LogP contribution in [0.3, 0.4) is 0 Å². The predicted molar refractivity (Wildman–Crippen MR) is 135 cm³/mol. The minimum Gasteiger partial charge on any atom is -0.482 e. The van der Waals surface area contributed by atoms with E-state index < -0.39 is 0 Å². The first-order valence-electron chi connectivity index (χ1n) is 11.1. The maximum absolute atomic E-state index is 12.9. The summed E-state index contributed by atoms with van der Waals surface area (Å²) in [5.41, 5.74) is 2.77. The second-order valence-corrected chi connectivity index (χ2v) is 10.6. The van der Waals surface area contributed by atoms with Crippen molar-refractivity contribution < 1.29 is 19.1 Å². The average Bonchev–Trinajstić information content (AvgIpc) is 3.16. The van der Waals surface area contributed by atoms with Gasteiger partial charge in [-0.25, -0.2) is 4.98 Å². The van der Waals surface area contributed by atoms with Crippen LogP contribution in [-0.2, 0) is 19.8 Å². The standard InChI is InChI=1S/C25H28N4O4S/c1-14(2)23(32)28-24-27-17-11-16(7-9-20(17)34-24)26-21(30)12-29-18-10-15(25(3,4)5)6-8-19(18)33-13-22(29)31/h6-11,14H,12-13H2,1-5H3,(H,26,30)(H,27,28,32). The molecular weight excluding hydrogens is 452 g/mol. The quantitative estimate of drug-likeness (QED) is 0.558. The lowest BCUT2D eigenvalue weighted by molar-refractivity contribution is -0.123. The van der Waals surface area contributed by atoms with E-state index in [-0.39, 0.29) is 42.2 Å². The molecule has 0 atom stereocenters. The van der Waals surface area contributed by atoms with E-state index in [4.69, 9.17) is 4.74 Å². The molecule has 0 radical (unpaired) electrons. The van der Waals surface area contributed by atoms with Crippen molar-refractivity contribution in [2.24, 2.45) is 5.92 Å². The molecule has 0 bridgehead atoms. The summed E-state index contributed by atoms with van der Waals surface area (Å²) in [5, 5.41) is 6.17. The Labute approximate surface area is 202 Å². The van der Waals surface area contributed by atoms with Crippen LogP contribution in [0, 0.1) is 5.92 Å². The van der Waals surface area contributed by atoms with Gasteiger partial charge in [0, 0.05) is 11.6 Å². The van der Waals surface area contributed by atoms with Crippen molar-refractivity contribution in [3.63, 3.8) is 0 Å². The summed E-state index contributed by atoms with van der Waals surface area (Å²) < 4.78 is 6.46. The molecule has 2 N–H and O–H groups in total. The molecule has 1 aromatic heterocycles. The fourth-order valence-corrected chi connectivity index (χ4v) is 4.34. The fraction of sp³-hybridized carbons (Fsp3) is 0.360. The van der Waals surface area contributed by atoms with Gasteiger partial charge in [-0.3, -0.25) is 19.3 Å². The number of carbonyl (C=O) groups is 3. The van der Waals surface area contributed by atoms with Crippen molar-refractivity contribution in [1.29, 1.82) is 0 Å². The molecule has 9 heteroatoms. The largest absolute Gasteiger partial charge is 0.482 e. The number of thiazole rings is 1. The van der Waals surface area contributed by atoms with Crippen LogP contribution in [0.2, 0.25) is 0 Å². The number of aromatic nitrogens is 1. The molecule has 0 aliphatic carbocycles. The van der Waals surface area contributed by atoms with Gasteiger partial charge < -0.3 is 15.4 Å². The Bertz CT molecular complexity index is 1280. The van der Waals surface area contributed by atoms with Gasteiger partial charge in [0.25, 0.3) is 5.91 Å². The average molecular weight is 481 g/mol. The molecule has 3 amide bonds. The highest BCUT2D eigenvalue weighted by Gasteiger charge is 2.29. The van der Waals surface area contributed by atoms with Gasteiger partial charge >= 0.3 is 0 Å². The Morgan fingerprint density at radius 3 is 2.62 bits per heavy atom. The molecule has 0 spiro atoms. The van der Waals surface area contributed by atoms with Gasteiger partial charge in [0.2, 0.25) is 11.8 Å². The SMILES string of the molecule is CC(C)C(=O)Nc1nc2cc(NC(=O)CN3C(=O)COc4ccc(C(C)(C)C)cc43)ccc2s1. The highest BCUT2D eigenvalue weighted by molar-refractivity contribution is 7.22. The monoisotopic (exact) mass is 480 g/mol. The normalized spacial score (nSPS) is 13.6. The topological polar surface area (TPSA) is 101 Å². The van der Waals surface area contributed by atoms with Gasteiger partial charge in [0.1, 0.15) is 12.3 Å². The zero-order valence-electron chi connectivity index (χ0n) is 19.9. The summed E-state index contributed by atoms with van der Waals surface area (Å²) in [4.78, 5) is 43.3. The van der Waals surface area contributed by atoms with E-state index in [0.29, 0.717) is 27.8 Å². The zero-order valence-corrected chi connectivity index (χ0v) is 20.7. The molecule has 2 heterocycles. The number of ether oxygens (including phenoxy) is 1. The molecule has 178 valence electrons. The first-order chi connectivity index (χ1) is 16.0. The van der Waals surface area contributed by atoms with E-state index >= 15 is 0 Å². The Hall–Kier alpha value is -3.46. The van der Waals surface area contributed by atoms with E-state index in [1.807, 2.05) is 38.1 Å². The van der Waals surface area contributed by atoms with Crippen LogP contribution in [0.1, 0.15) is 40.2 Å². The van der Waals surface area contributed by atoms with Gasteiger partial charge in [0.15, 0.2) is 11.7 Å². The van der Waals surface area contributed by atoms with E-state index in [1.165, 1.54) is 16.2 Å². The van der Waals surface area contributed by atoms with Gasteiger partial charge in [-0.15, -0.1) is 0 Å². The smallest absolute Gasteiger partial charge is 0.265 e. The van der Waals surface area contributed by atoms with Crippen LogP contribution in [0.15, 0.2) is 36.4 Å². The number of amides is 3. The van der Waals surface area contributed by atoms with Crippen LogP contribution in [0.4, 0.5) is 16.5 Å². The second-order valence-electron chi connectivity index (χ2n) is 9.59. The molecule has 2 aromatic carbocycles. The van der Waals surface area contributed by atoms with Crippen molar-refractivity contribution in [3.05, 3.63) is 42.0 Å². The lowest BCUT2D eigenvalue weighted by Gasteiger charge is -2.31. The fourth-order valence-electron chi connectivity index (χ4n) is 3.49. The van der Waals surface area contributed by atoms with Crippen molar-refractivity contribution >= 4 is 55.8 Å². The lowest BCUT2D eigenvalue weighted by atomic mass is 9.86. The van der Waals surface area contributed by atoms with Crippen LogP contribution in [0.25, 0.3) is 10.2 Å². The Morgan fingerprint density at radius 2 is 1.91 bits per heavy atom. The summed E-state index contributed by atoms with van der Waals surface area (Å²) in [5.74, 6) is -0.258. The Balaban J connectivity index is 1.50. The number of nitrogens with one attached hydrogen (secondary N) is 2. The first-order valence-corrected chi connectivity index (χ1v) is 11.9. The van der Waals surface area contributed by atoms with Crippen LogP contribution in [-0.4, -0.2) is 35.9 Å². The van der Waals surface area contributed by atoms with Crippen molar-refractivity contribution in [2.45, 2.75) is 40.0 Å². The van der Waals surface area contributed by atoms with Crippen molar-refractivity contribution in [3.8, 4) is 5.75 Å². The summed E-state index contributed by atoms with van der Waals surface area (Å²) >= 11 is 1.37. The number of benzene rings is 2. The van der Waals surface area contributed by atoms with Gasteiger partial charge in [0.05, 0.1) is 15.9 Å². The molecule has 4 rings (SSSR count). The maximum Gasteiger partial charge on any atom is 0.265 e. The van der Waals surface area contributed by atoms with Gasteiger partial charge in [-0.2, -0.15) is 0 Å². The Kier molecular flexibility index (Phi) is 6.31. The number of fused-ring (bicyclic) bond motifs is 2. The summed E-state index contributed by atoms with van der Waals surface area (Å²) in [6, 6.07) is 11.1. The third-order valence-corrected chi connectivity index (χ3v) is 6.45. The molecule has 1 aliphatic rings. The van der Waals surface area contributed by atoms with Crippen LogP contribution >= 0.6 is 11.3 Å². The minimum atomic E-state index is -0.328. The second kappa shape index (κ2) is 9.06. The van der Waals surface area contributed by atoms with Crippen LogP contribution < -0.4 is 20.3 Å². The van der Waals surface area contributed by atoms with Crippen molar-refractivity contribution in [2.75, 3.05) is 28.7 Å². The van der Waals surface area contributed by atoms with Crippen molar-refractivity contribution in [1.82, 2.24) is 4.98 Å². The Morgan fingerprint density at radius 1 is 1.15 bits per heavy atom. The molecule has 0 unspecified atom stereocenters. The molecule has 8 nitrogen and oxygen atoms in total. The summed E-state index contributed by atoms with van der Waals surface area (Å²) in [7, 11) is 0. The van der Waals surface area contributed by atoms with Crippen LogP contribution in [0.5, 0.6) is 5.75 Å². The maximum atomic E-state index is 12.9.